The zero-order chi connectivity index (χ0) is 14.5. The van der Waals surface area contributed by atoms with E-state index in [1.165, 1.54) is 19.3 Å². The molecule has 5 nitrogen and oxygen atoms in total. The van der Waals surface area contributed by atoms with Crippen LogP contribution in [0.5, 0.6) is 0 Å². The number of nitrogens with one attached hydrogen (secondary N) is 1. The number of likely N-dealkylation sites (tertiary alicyclic amines) is 1. The molecule has 1 fully saturated rings. The van der Waals surface area contributed by atoms with Crippen LogP contribution in [0, 0.1) is 16.0 Å². The minimum absolute atomic E-state index is 0.184. The summed E-state index contributed by atoms with van der Waals surface area (Å²) in [6, 6.07) is 7.36. The van der Waals surface area contributed by atoms with Crippen LogP contribution in [0.4, 0.5) is 5.69 Å². The molecule has 0 spiro atoms. The first kappa shape index (κ1) is 14.9. The van der Waals surface area contributed by atoms with E-state index in [4.69, 9.17) is 0 Å². The van der Waals surface area contributed by atoms with Gasteiger partial charge >= 0.3 is 0 Å². The molecule has 1 heterocycles. The largest absolute Gasteiger partial charge is 0.319 e. The summed E-state index contributed by atoms with van der Waals surface area (Å²) < 4.78 is 0. The second-order valence-corrected chi connectivity index (χ2v) is 5.59. The van der Waals surface area contributed by atoms with Gasteiger partial charge in [0.05, 0.1) is 4.92 Å². The molecule has 20 heavy (non-hydrogen) atoms. The molecule has 1 N–H and O–H groups in total. The third kappa shape index (κ3) is 3.35. The van der Waals surface area contributed by atoms with Gasteiger partial charge < -0.3 is 5.32 Å². The fourth-order valence-corrected chi connectivity index (χ4v) is 3.25. The van der Waals surface area contributed by atoms with Gasteiger partial charge in [0, 0.05) is 18.2 Å². The molecule has 2 unspecified atom stereocenters. The van der Waals surface area contributed by atoms with Crippen LogP contribution in [0.25, 0.3) is 0 Å². The molecule has 0 aromatic heterocycles. The standard InChI is InChI=1S/C15H23N3O2/c1-16-11-13-6-3-4-9-17(2)15(13)12-7-5-8-14(10-12)18(19)20/h5,7-8,10,13,15-16H,3-4,6,9,11H2,1-2H3. The zero-order valence-corrected chi connectivity index (χ0v) is 12.2. The van der Waals surface area contributed by atoms with Crippen molar-refractivity contribution in [1.82, 2.24) is 10.2 Å². The van der Waals surface area contributed by atoms with Crippen molar-refractivity contribution in [2.24, 2.45) is 5.92 Å². The molecule has 1 saturated heterocycles. The van der Waals surface area contributed by atoms with E-state index >= 15 is 0 Å². The van der Waals surface area contributed by atoms with Crippen molar-refractivity contribution in [3.05, 3.63) is 39.9 Å². The lowest BCUT2D eigenvalue weighted by Crippen LogP contribution is -2.34. The van der Waals surface area contributed by atoms with Gasteiger partial charge in [0.25, 0.3) is 5.69 Å². The van der Waals surface area contributed by atoms with Gasteiger partial charge in [-0.1, -0.05) is 18.6 Å². The predicted molar refractivity (Wildman–Crippen MR) is 79.7 cm³/mol. The molecule has 1 aliphatic rings. The number of rotatable bonds is 4. The Balaban J connectivity index is 2.33. The molecule has 0 radical (unpaired) electrons. The Labute approximate surface area is 120 Å². The minimum atomic E-state index is -0.312. The topological polar surface area (TPSA) is 58.4 Å². The highest BCUT2D eigenvalue weighted by molar-refractivity contribution is 5.36. The van der Waals surface area contributed by atoms with Gasteiger partial charge in [0.2, 0.25) is 0 Å². The van der Waals surface area contributed by atoms with E-state index in [-0.39, 0.29) is 16.7 Å². The Hall–Kier alpha value is -1.46. The van der Waals surface area contributed by atoms with Crippen LogP contribution in [0.15, 0.2) is 24.3 Å². The highest BCUT2D eigenvalue weighted by atomic mass is 16.6. The quantitative estimate of drug-likeness (QED) is 0.679. The summed E-state index contributed by atoms with van der Waals surface area (Å²) >= 11 is 0. The van der Waals surface area contributed by atoms with Gasteiger partial charge in [-0.05, 0) is 51.5 Å². The molecular formula is C15H23N3O2. The van der Waals surface area contributed by atoms with E-state index in [9.17, 15) is 10.1 Å². The number of nitrogens with zero attached hydrogens (tertiary/aromatic N) is 2. The van der Waals surface area contributed by atoms with E-state index in [0.717, 1.165) is 18.7 Å². The first-order valence-electron chi connectivity index (χ1n) is 7.22. The second kappa shape index (κ2) is 6.81. The summed E-state index contributed by atoms with van der Waals surface area (Å²) in [7, 11) is 4.09. The van der Waals surface area contributed by atoms with Crippen molar-refractivity contribution in [1.29, 1.82) is 0 Å². The normalized spacial score (nSPS) is 24.3. The average Bonchev–Trinajstić information content (AvgIpc) is 2.61. The van der Waals surface area contributed by atoms with Crippen molar-refractivity contribution in [3.8, 4) is 0 Å². The van der Waals surface area contributed by atoms with E-state index in [1.807, 2.05) is 13.1 Å². The molecule has 1 aromatic carbocycles. The summed E-state index contributed by atoms with van der Waals surface area (Å²) in [5, 5.41) is 14.2. The number of nitro groups is 1. The average molecular weight is 277 g/mol. The van der Waals surface area contributed by atoms with Crippen LogP contribution in [0.3, 0.4) is 0 Å². The molecular weight excluding hydrogens is 254 g/mol. The maximum absolute atomic E-state index is 11.0. The van der Waals surface area contributed by atoms with Gasteiger partial charge in [-0.2, -0.15) is 0 Å². The van der Waals surface area contributed by atoms with Gasteiger partial charge in [0.15, 0.2) is 0 Å². The molecule has 2 rings (SSSR count). The van der Waals surface area contributed by atoms with Crippen molar-refractivity contribution >= 4 is 5.69 Å². The fourth-order valence-electron chi connectivity index (χ4n) is 3.25. The Morgan fingerprint density at radius 3 is 2.95 bits per heavy atom. The third-order valence-electron chi connectivity index (χ3n) is 4.15. The number of hydrogen-bond acceptors (Lipinski definition) is 4. The fraction of sp³-hybridized carbons (Fsp3) is 0.600. The van der Waals surface area contributed by atoms with E-state index in [1.54, 1.807) is 18.2 Å². The molecule has 0 amide bonds. The molecule has 0 bridgehead atoms. The van der Waals surface area contributed by atoms with Gasteiger partial charge in [-0.3, -0.25) is 15.0 Å². The molecule has 0 saturated carbocycles. The summed E-state index contributed by atoms with van der Waals surface area (Å²) in [6.07, 6.45) is 3.59. The van der Waals surface area contributed by atoms with Crippen LogP contribution in [-0.2, 0) is 0 Å². The number of non-ortho nitro benzene ring substituents is 1. The number of hydrogen-bond donors (Lipinski definition) is 1. The third-order valence-corrected chi connectivity index (χ3v) is 4.15. The van der Waals surface area contributed by atoms with E-state index < -0.39 is 0 Å². The SMILES string of the molecule is CNCC1CCCCN(C)C1c1cccc([N+](=O)[O-])c1. The van der Waals surface area contributed by atoms with Crippen molar-refractivity contribution in [2.75, 3.05) is 27.2 Å². The van der Waals surface area contributed by atoms with Gasteiger partial charge in [-0.15, -0.1) is 0 Å². The Kier molecular flexibility index (Phi) is 5.09. The minimum Gasteiger partial charge on any atom is -0.319 e. The van der Waals surface area contributed by atoms with Crippen molar-refractivity contribution in [2.45, 2.75) is 25.3 Å². The smallest absolute Gasteiger partial charge is 0.269 e. The number of nitro benzene ring substituents is 1. The number of benzene rings is 1. The highest BCUT2D eigenvalue weighted by Crippen LogP contribution is 2.35. The predicted octanol–water partition coefficient (Wildman–Crippen LogP) is 2.59. The molecule has 1 aliphatic heterocycles. The Morgan fingerprint density at radius 2 is 2.25 bits per heavy atom. The van der Waals surface area contributed by atoms with E-state index in [2.05, 4.69) is 17.3 Å². The van der Waals surface area contributed by atoms with Crippen LogP contribution in [-0.4, -0.2) is 37.0 Å². The van der Waals surface area contributed by atoms with Crippen molar-refractivity contribution < 1.29 is 4.92 Å². The maximum atomic E-state index is 11.0. The highest BCUT2D eigenvalue weighted by Gasteiger charge is 2.29. The summed E-state index contributed by atoms with van der Waals surface area (Å²) in [5.74, 6) is 0.495. The van der Waals surface area contributed by atoms with E-state index in [0.29, 0.717) is 5.92 Å². The molecule has 110 valence electrons. The second-order valence-electron chi connectivity index (χ2n) is 5.59. The van der Waals surface area contributed by atoms with Crippen LogP contribution in [0.1, 0.15) is 30.9 Å². The first-order valence-corrected chi connectivity index (χ1v) is 7.22. The van der Waals surface area contributed by atoms with Gasteiger partial charge in [0.1, 0.15) is 0 Å². The molecule has 2 atom stereocenters. The van der Waals surface area contributed by atoms with Crippen LogP contribution < -0.4 is 5.32 Å². The maximum Gasteiger partial charge on any atom is 0.269 e. The Morgan fingerprint density at radius 1 is 1.45 bits per heavy atom. The lowest BCUT2D eigenvalue weighted by atomic mass is 9.89. The summed E-state index contributed by atoms with van der Waals surface area (Å²) in [5.41, 5.74) is 1.24. The van der Waals surface area contributed by atoms with Gasteiger partial charge in [-0.25, -0.2) is 0 Å². The molecule has 1 aromatic rings. The zero-order valence-electron chi connectivity index (χ0n) is 12.2. The molecule has 0 aliphatic carbocycles. The van der Waals surface area contributed by atoms with Crippen LogP contribution >= 0.6 is 0 Å². The lowest BCUT2D eigenvalue weighted by Gasteiger charge is -2.32. The van der Waals surface area contributed by atoms with Crippen LogP contribution in [0.2, 0.25) is 0 Å². The first-order chi connectivity index (χ1) is 9.63. The summed E-state index contributed by atoms with van der Waals surface area (Å²) in [6.45, 7) is 1.99. The molecule has 5 heteroatoms. The summed E-state index contributed by atoms with van der Waals surface area (Å²) in [4.78, 5) is 13.0. The monoisotopic (exact) mass is 277 g/mol. The van der Waals surface area contributed by atoms with Crippen molar-refractivity contribution in [3.63, 3.8) is 0 Å². The Bertz CT molecular complexity index is 464. The lowest BCUT2D eigenvalue weighted by molar-refractivity contribution is -0.385.